The Morgan fingerprint density at radius 2 is 1.96 bits per heavy atom. The fraction of sp³-hybridized carbons (Fsp3) is 0.864. The van der Waals surface area contributed by atoms with E-state index in [-0.39, 0.29) is 12.1 Å². The molecule has 4 aliphatic carbocycles. The van der Waals surface area contributed by atoms with Gasteiger partial charge in [-0.25, -0.2) is 0 Å². The van der Waals surface area contributed by atoms with Crippen LogP contribution in [0, 0.1) is 34.5 Å². The molecule has 0 aromatic carbocycles. The predicted molar refractivity (Wildman–Crippen MR) is 96.4 cm³/mol. The summed E-state index contributed by atoms with van der Waals surface area (Å²) < 4.78 is 5.56. The van der Waals surface area contributed by atoms with Crippen LogP contribution < -0.4 is 0 Å². The van der Waals surface area contributed by atoms with Gasteiger partial charge in [-0.3, -0.25) is 4.79 Å². The Bertz CT molecular complexity index is 564. The van der Waals surface area contributed by atoms with Gasteiger partial charge in [0.25, 0.3) is 0 Å². The lowest BCUT2D eigenvalue weighted by molar-refractivity contribution is -0.151. The molecule has 2 heteroatoms. The summed E-state index contributed by atoms with van der Waals surface area (Å²) in [4.78, 5) is 11.3. The Labute approximate surface area is 147 Å². The van der Waals surface area contributed by atoms with Gasteiger partial charge in [0, 0.05) is 6.92 Å². The van der Waals surface area contributed by atoms with Crippen LogP contribution in [0.5, 0.6) is 0 Å². The molecule has 0 aromatic rings. The molecule has 7 atom stereocenters. The van der Waals surface area contributed by atoms with Crippen molar-refractivity contribution in [1.29, 1.82) is 0 Å². The predicted octanol–water partition coefficient (Wildman–Crippen LogP) is 5.52. The zero-order chi connectivity index (χ0) is 17.1. The first kappa shape index (κ1) is 16.7. The number of hydrogen-bond donors (Lipinski definition) is 0. The highest BCUT2D eigenvalue weighted by molar-refractivity contribution is 5.66. The van der Waals surface area contributed by atoms with E-state index in [1.54, 1.807) is 12.5 Å². The smallest absolute Gasteiger partial charge is 0.302 e. The van der Waals surface area contributed by atoms with Crippen LogP contribution in [0.4, 0.5) is 0 Å². The van der Waals surface area contributed by atoms with Gasteiger partial charge in [0.05, 0.1) is 0 Å². The maximum Gasteiger partial charge on any atom is 0.302 e. The molecule has 0 heterocycles. The summed E-state index contributed by atoms with van der Waals surface area (Å²) in [7, 11) is 0. The molecule has 2 nitrogen and oxygen atoms in total. The lowest BCUT2D eigenvalue weighted by Crippen LogP contribution is -2.48. The molecule has 134 valence electrons. The average Bonchev–Trinajstić information content (AvgIpc) is 2.83. The van der Waals surface area contributed by atoms with Gasteiger partial charge in [0.1, 0.15) is 6.10 Å². The zero-order valence-electron chi connectivity index (χ0n) is 15.9. The normalized spacial score (nSPS) is 50.3. The highest BCUT2D eigenvalue weighted by Gasteiger charge is 2.56. The van der Waals surface area contributed by atoms with Gasteiger partial charge in [-0.15, -0.1) is 0 Å². The van der Waals surface area contributed by atoms with Crippen molar-refractivity contribution in [2.45, 2.75) is 85.2 Å². The maximum absolute atomic E-state index is 11.3. The monoisotopic (exact) mass is 330 g/mol. The van der Waals surface area contributed by atoms with Gasteiger partial charge in [0.2, 0.25) is 0 Å². The van der Waals surface area contributed by atoms with Gasteiger partial charge in [0.15, 0.2) is 0 Å². The van der Waals surface area contributed by atoms with E-state index in [0.29, 0.717) is 16.7 Å². The molecule has 3 fully saturated rings. The summed E-state index contributed by atoms with van der Waals surface area (Å²) in [5.41, 5.74) is 2.72. The van der Waals surface area contributed by atoms with Crippen LogP contribution in [0.2, 0.25) is 0 Å². The van der Waals surface area contributed by atoms with Gasteiger partial charge >= 0.3 is 5.97 Å². The lowest BCUT2D eigenvalue weighted by Gasteiger charge is -2.56. The van der Waals surface area contributed by atoms with Gasteiger partial charge in [-0.05, 0) is 85.9 Å². The molecule has 0 saturated heterocycles. The van der Waals surface area contributed by atoms with Crippen LogP contribution in [0.3, 0.4) is 0 Å². The van der Waals surface area contributed by atoms with Crippen LogP contribution in [-0.4, -0.2) is 12.1 Å². The first-order valence-electron chi connectivity index (χ1n) is 10.2. The van der Waals surface area contributed by atoms with Crippen molar-refractivity contribution < 1.29 is 9.53 Å². The number of fused-ring (bicyclic) bond motifs is 5. The molecule has 4 aliphatic rings. The standard InChI is InChI=1S/C22H34O2/c1-14-5-8-19-18-7-6-16-13-17(24-15(2)23)9-11-22(16,4)20(18)10-12-21(14,19)3/h10,14,16-19H,5-9,11-13H2,1-4H3. The molecule has 0 aromatic heterocycles. The van der Waals surface area contributed by atoms with Crippen molar-refractivity contribution in [3.8, 4) is 0 Å². The van der Waals surface area contributed by atoms with Crippen LogP contribution in [0.25, 0.3) is 0 Å². The zero-order valence-corrected chi connectivity index (χ0v) is 15.9. The van der Waals surface area contributed by atoms with Crippen LogP contribution in [-0.2, 0) is 9.53 Å². The average molecular weight is 331 g/mol. The molecule has 0 bridgehead atoms. The minimum absolute atomic E-state index is 0.107. The largest absolute Gasteiger partial charge is 0.463 e. The third-order valence-corrected chi connectivity index (χ3v) is 8.78. The van der Waals surface area contributed by atoms with Crippen LogP contribution >= 0.6 is 0 Å². The number of rotatable bonds is 1. The van der Waals surface area contributed by atoms with Crippen molar-refractivity contribution in [3.63, 3.8) is 0 Å². The maximum atomic E-state index is 11.3. The molecule has 0 radical (unpaired) electrons. The SMILES string of the molecule is CC(=O)OC1CCC2(C)C3=CCC4(C)C(C)CCC4C3CCC2C1. The highest BCUT2D eigenvalue weighted by Crippen LogP contribution is 2.65. The van der Waals surface area contributed by atoms with Gasteiger partial charge < -0.3 is 4.74 Å². The fourth-order valence-electron chi connectivity index (χ4n) is 7.08. The van der Waals surface area contributed by atoms with E-state index in [1.165, 1.54) is 38.5 Å². The number of ether oxygens (including phenoxy) is 1. The van der Waals surface area contributed by atoms with Crippen molar-refractivity contribution in [2.24, 2.45) is 34.5 Å². The molecule has 7 unspecified atom stereocenters. The van der Waals surface area contributed by atoms with Crippen molar-refractivity contribution in [1.82, 2.24) is 0 Å². The number of hydrogen-bond acceptors (Lipinski definition) is 2. The number of carbonyl (C=O) groups excluding carboxylic acids is 1. The van der Waals surface area contributed by atoms with Crippen molar-refractivity contribution in [3.05, 3.63) is 11.6 Å². The third-order valence-electron chi connectivity index (χ3n) is 8.78. The second kappa shape index (κ2) is 5.61. The Morgan fingerprint density at radius 1 is 1.17 bits per heavy atom. The highest BCUT2D eigenvalue weighted by atomic mass is 16.5. The number of allylic oxidation sites excluding steroid dienone is 2. The number of carbonyl (C=O) groups is 1. The van der Waals surface area contributed by atoms with E-state index in [4.69, 9.17) is 4.74 Å². The van der Waals surface area contributed by atoms with E-state index in [9.17, 15) is 4.79 Å². The summed E-state index contributed by atoms with van der Waals surface area (Å²) in [6, 6.07) is 0. The minimum atomic E-state index is -0.107. The third kappa shape index (κ3) is 2.31. The summed E-state index contributed by atoms with van der Waals surface area (Å²) >= 11 is 0. The van der Waals surface area contributed by atoms with Crippen LogP contribution in [0.1, 0.15) is 79.1 Å². The molecule has 4 rings (SSSR count). The second-order valence-electron chi connectivity index (χ2n) is 9.76. The van der Waals surface area contributed by atoms with E-state index in [0.717, 1.165) is 30.6 Å². The van der Waals surface area contributed by atoms with Gasteiger partial charge in [-0.2, -0.15) is 0 Å². The summed E-state index contributed by atoms with van der Waals surface area (Å²) in [5, 5.41) is 0. The summed E-state index contributed by atoms with van der Waals surface area (Å²) in [6.45, 7) is 9.13. The number of esters is 1. The topological polar surface area (TPSA) is 26.3 Å². The van der Waals surface area contributed by atoms with E-state index in [2.05, 4.69) is 26.8 Å². The lowest BCUT2D eigenvalue weighted by atomic mass is 9.49. The molecule has 24 heavy (non-hydrogen) atoms. The Kier molecular flexibility index (Phi) is 3.89. The van der Waals surface area contributed by atoms with Crippen LogP contribution in [0.15, 0.2) is 11.6 Å². The fourth-order valence-corrected chi connectivity index (χ4v) is 7.08. The molecular formula is C22H34O2. The minimum Gasteiger partial charge on any atom is -0.463 e. The first-order chi connectivity index (χ1) is 11.3. The summed E-state index contributed by atoms with van der Waals surface area (Å²) in [6.07, 6.45) is 13.0. The molecule has 3 saturated carbocycles. The molecule has 0 N–H and O–H groups in total. The molecule has 0 aliphatic heterocycles. The summed E-state index contributed by atoms with van der Waals surface area (Å²) in [5.74, 6) is 3.23. The quantitative estimate of drug-likeness (QED) is 0.467. The Morgan fingerprint density at radius 3 is 2.71 bits per heavy atom. The second-order valence-corrected chi connectivity index (χ2v) is 9.76. The Hall–Kier alpha value is -0.790. The van der Waals surface area contributed by atoms with E-state index >= 15 is 0 Å². The van der Waals surface area contributed by atoms with Crippen molar-refractivity contribution >= 4 is 5.97 Å². The van der Waals surface area contributed by atoms with Crippen molar-refractivity contribution in [2.75, 3.05) is 0 Å². The Balaban J connectivity index is 1.59. The first-order valence-corrected chi connectivity index (χ1v) is 10.2. The van der Waals surface area contributed by atoms with E-state index < -0.39 is 0 Å². The van der Waals surface area contributed by atoms with E-state index in [1.807, 2.05) is 0 Å². The van der Waals surface area contributed by atoms with Gasteiger partial charge in [-0.1, -0.05) is 32.4 Å². The molecule has 0 amide bonds. The molecule has 0 spiro atoms. The molecular weight excluding hydrogens is 296 g/mol.